The van der Waals surface area contributed by atoms with Crippen molar-refractivity contribution in [2.45, 2.75) is 62.5 Å². The third kappa shape index (κ3) is 5.87. The number of amides is 1. The maximum absolute atomic E-state index is 10.9. The molecule has 2 aromatic carbocycles. The fourth-order valence-corrected chi connectivity index (χ4v) is 4.56. The Morgan fingerprint density at radius 3 is 2.35 bits per heavy atom. The second-order valence-electron chi connectivity index (χ2n) is 8.13. The zero-order valence-electron chi connectivity index (χ0n) is 17.9. The molecule has 1 amide bonds. The second-order valence-corrected chi connectivity index (χ2v) is 9.07. The molecule has 31 heavy (non-hydrogen) atoms. The van der Waals surface area contributed by atoms with E-state index in [1.165, 1.54) is 17.3 Å². The Hall–Kier alpha value is -1.90. The fourth-order valence-electron chi connectivity index (χ4n) is 3.89. The molecule has 2 aromatic rings. The largest absolute Gasteiger partial charge is 0.387 e. The summed E-state index contributed by atoms with van der Waals surface area (Å²) in [5.41, 5.74) is 9.93. The van der Waals surface area contributed by atoms with E-state index < -0.39 is 29.9 Å². The van der Waals surface area contributed by atoms with Gasteiger partial charge in [0.15, 0.2) is 0 Å². The van der Waals surface area contributed by atoms with Crippen molar-refractivity contribution in [1.29, 1.82) is 0 Å². The van der Waals surface area contributed by atoms with E-state index in [0.717, 1.165) is 41.5 Å². The first kappa shape index (κ1) is 23.8. The lowest BCUT2D eigenvalue weighted by molar-refractivity contribution is -0.200. The predicted molar refractivity (Wildman–Crippen MR) is 122 cm³/mol. The van der Waals surface area contributed by atoms with Crippen LogP contribution in [0, 0.1) is 6.92 Å². The number of thioether (sulfide) groups is 1. The molecule has 0 unspecified atom stereocenters. The number of rotatable bonds is 8. The van der Waals surface area contributed by atoms with E-state index in [1.54, 1.807) is 6.26 Å². The first-order valence-corrected chi connectivity index (χ1v) is 11.8. The van der Waals surface area contributed by atoms with E-state index in [2.05, 4.69) is 24.3 Å². The molecule has 0 bridgehead atoms. The first-order chi connectivity index (χ1) is 14.8. The molecule has 0 aliphatic carbocycles. The Balaban J connectivity index is 1.73. The van der Waals surface area contributed by atoms with E-state index in [1.807, 2.05) is 25.1 Å². The molecule has 1 aliphatic heterocycles. The lowest BCUT2D eigenvalue weighted by Gasteiger charge is -2.40. The topological polar surface area (TPSA) is 113 Å². The van der Waals surface area contributed by atoms with Gasteiger partial charge in [0.05, 0.1) is 0 Å². The first-order valence-electron chi connectivity index (χ1n) is 10.5. The van der Waals surface area contributed by atoms with Gasteiger partial charge < -0.3 is 25.8 Å². The van der Waals surface area contributed by atoms with Gasteiger partial charge in [-0.1, -0.05) is 42.5 Å². The lowest BCUT2D eigenvalue weighted by atomic mass is 9.91. The Labute approximate surface area is 187 Å². The number of primary amides is 1. The van der Waals surface area contributed by atoms with E-state index in [-0.39, 0.29) is 5.91 Å². The number of benzene rings is 2. The highest BCUT2D eigenvalue weighted by Crippen LogP contribution is 2.36. The highest BCUT2D eigenvalue weighted by molar-refractivity contribution is 7.99. The van der Waals surface area contributed by atoms with Gasteiger partial charge in [-0.2, -0.15) is 0 Å². The second kappa shape index (κ2) is 10.6. The molecule has 6 nitrogen and oxygen atoms in total. The van der Waals surface area contributed by atoms with Crippen LogP contribution < -0.4 is 5.73 Å². The third-order valence-corrected chi connectivity index (χ3v) is 6.66. The molecule has 5 N–H and O–H groups in total. The summed E-state index contributed by atoms with van der Waals surface area (Å²) < 4.78 is 5.90. The van der Waals surface area contributed by atoms with Gasteiger partial charge in [0.25, 0.3) is 0 Å². The fraction of sp³-hybridized carbons (Fsp3) is 0.458. The third-order valence-electron chi connectivity index (χ3n) is 5.81. The molecule has 0 spiro atoms. The summed E-state index contributed by atoms with van der Waals surface area (Å²) >= 11 is 1.31. The number of nitrogens with two attached hydrogens (primary N) is 1. The van der Waals surface area contributed by atoms with Gasteiger partial charge in [0.1, 0.15) is 29.9 Å². The number of aliphatic hydroxyl groups excluding tert-OH is 3. The molecule has 5 atom stereocenters. The van der Waals surface area contributed by atoms with E-state index in [0.29, 0.717) is 6.42 Å². The summed E-state index contributed by atoms with van der Waals surface area (Å²) in [5, 5.41) is 30.8. The molecule has 1 aliphatic rings. The maximum atomic E-state index is 10.9. The number of aliphatic hydroxyl groups is 3. The van der Waals surface area contributed by atoms with Crippen LogP contribution in [0.3, 0.4) is 0 Å². The molecule has 3 rings (SSSR count). The molecule has 1 fully saturated rings. The highest BCUT2D eigenvalue weighted by Gasteiger charge is 2.44. The summed E-state index contributed by atoms with van der Waals surface area (Å²) in [7, 11) is 0. The van der Waals surface area contributed by atoms with E-state index in [4.69, 9.17) is 10.5 Å². The number of carbonyl (C=O) groups excluding carboxylic acids is 1. The Bertz CT molecular complexity index is 886. The predicted octanol–water partition coefficient (Wildman–Crippen LogP) is 2.24. The number of aryl methyl sites for hydroxylation is 2. The van der Waals surface area contributed by atoms with E-state index >= 15 is 0 Å². The Morgan fingerprint density at radius 2 is 1.71 bits per heavy atom. The van der Waals surface area contributed by atoms with Crippen molar-refractivity contribution in [3.8, 4) is 0 Å². The summed E-state index contributed by atoms with van der Waals surface area (Å²) in [4.78, 5) is 10.9. The van der Waals surface area contributed by atoms with Gasteiger partial charge in [-0.15, -0.1) is 11.8 Å². The standard InChI is InChI=1S/C24H31NO5S/c1-14-6-11-17(23-21(28)20(27)22(29)24(30-23)31-2)13-18(14)12-16-9-7-15(8-10-16)4-3-5-19(25)26/h6-11,13,20-24,27-29H,3-5,12H2,1-2H3,(H2,25,26)/t20-,21-,22+,23+,24-/m1/s1. The van der Waals surface area contributed by atoms with Crippen LogP contribution in [0.1, 0.15) is 46.8 Å². The van der Waals surface area contributed by atoms with Crippen LogP contribution in [0.4, 0.5) is 0 Å². The van der Waals surface area contributed by atoms with Gasteiger partial charge in [-0.05, 0) is 60.3 Å². The molecule has 7 heteroatoms. The average molecular weight is 446 g/mol. The Kier molecular flexibility index (Phi) is 8.13. The lowest BCUT2D eigenvalue weighted by Crippen LogP contribution is -2.52. The van der Waals surface area contributed by atoms with Crippen molar-refractivity contribution in [3.63, 3.8) is 0 Å². The summed E-state index contributed by atoms with van der Waals surface area (Å²) in [6, 6.07) is 14.2. The van der Waals surface area contributed by atoms with Gasteiger partial charge in [0.2, 0.25) is 5.91 Å². The minimum atomic E-state index is -1.26. The molecule has 0 saturated carbocycles. The van der Waals surface area contributed by atoms with Crippen LogP contribution in [-0.4, -0.2) is 51.2 Å². The van der Waals surface area contributed by atoms with Crippen LogP contribution in [0.25, 0.3) is 0 Å². The minimum absolute atomic E-state index is 0.273. The molecule has 0 radical (unpaired) electrons. The minimum Gasteiger partial charge on any atom is -0.387 e. The number of ether oxygens (including phenoxy) is 1. The van der Waals surface area contributed by atoms with Crippen LogP contribution in [-0.2, 0) is 22.4 Å². The van der Waals surface area contributed by atoms with Gasteiger partial charge in [-0.3, -0.25) is 4.79 Å². The summed E-state index contributed by atoms with van der Waals surface area (Å²) in [6.45, 7) is 2.04. The summed E-state index contributed by atoms with van der Waals surface area (Å²) in [6.07, 6.45) is 0.184. The number of hydrogen-bond acceptors (Lipinski definition) is 6. The zero-order chi connectivity index (χ0) is 22.5. The number of hydrogen-bond donors (Lipinski definition) is 4. The smallest absolute Gasteiger partial charge is 0.217 e. The van der Waals surface area contributed by atoms with Gasteiger partial charge in [0, 0.05) is 6.42 Å². The molecule has 1 heterocycles. The van der Waals surface area contributed by atoms with Crippen molar-refractivity contribution >= 4 is 17.7 Å². The van der Waals surface area contributed by atoms with Crippen molar-refractivity contribution in [2.75, 3.05) is 6.26 Å². The van der Waals surface area contributed by atoms with Crippen molar-refractivity contribution in [2.24, 2.45) is 5.73 Å². The van der Waals surface area contributed by atoms with Crippen molar-refractivity contribution in [3.05, 3.63) is 70.3 Å². The van der Waals surface area contributed by atoms with Crippen molar-refractivity contribution < 1.29 is 24.9 Å². The normalized spacial score (nSPS) is 26.0. The monoisotopic (exact) mass is 445 g/mol. The van der Waals surface area contributed by atoms with Crippen LogP contribution in [0.2, 0.25) is 0 Å². The zero-order valence-corrected chi connectivity index (χ0v) is 18.7. The molecule has 1 saturated heterocycles. The van der Waals surface area contributed by atoms with Crippen LogP contribution in [0.15, 0.2) is 42.5 Å². The van der Waals surface area contributed by atoms with Gasteiger partial charge in [-0.25, -0.2) is 0 Å². The SMILES string of the molecule is CS[C@H]1O[C@@H](c2ccc(C)c(Cc3ccc(CCCC(N)=O)cc3)c2)[C@H](O)[C@@H](O)[C@@H]1O. The number of carbonyl (C=O) groups is 1. The average Bonchev–Trinajstić information content (AvgIpc) is 2.75. The van der Waals surface area contributed by atoms with Crippen LogP contribution in [0.5, 0.6) is 0 Å². The molecule has 168 valence electrons. The quantitative estimate of drug-likeness (QED) is 0.496. The van der Waals surface area contributed by atoms with E-state index in [9.17, 15) is 20.1 Å². The molecular formula is C24H31NO5S. The maximum Gasteiger partial charge on any atom is 0.217 e. The van der Waals surface area contributed by atoms with Crippen LogP contribution >= 0.6 is 11.8 Å². The molecular weight excluding hydrogens is 414 g/mol. The van der Waals surface area contributed by atoms with Gasteiger partial charge >= 0.3 is 0 Å². The Morgan fingerprint density at radius 1 is 1.03 bits per heavy atom. The highest BCUT2D eigenvalue weighted by atomic mass is 32.2. The summed E-state index contributed by atoms with van der Waals surface area (Å²) in [5.74, 6) is -0.273. The molecule has 0 aromatic heterocycles. The van der Waals surface area contributed by atoms with Crippen molar-refractivity contribution in [1.82, 2.24) is 0 Å².